The van der Waals surface area contributed by atoms with Crippen LogP contribution in [0.4, 0.5) is 0 Å². The lowest BCUT2D eigenvalue weighted by molar-refractivity contribution is -0.148. The summed E-state index contributed by atoms with van der Waals surface area (Å²) < 4.78 is 0. The maximum atomic E-state index is 12.3. The van der Waals surface area contributed by atoms with Crippen LogP contribution in [-0.4, -0.2) is 63.9 Å². The Kier molecular flexibility index (Phi) is 14.1. The molecule has 2 aliphatic heterocycles. The normalized spacial score (nSPS) is 14.6. The molecule has 0 atom stereocenters. The molecular formula is C40H48N2O5. The van der Waals surface area contributed by atoms with Crippen LogP contribution in [0.2, 0.25) is 0 Å². The van der Waals surface area contributed by atoms with Crippen molar-refractivity contribution in [2.45, 2.75) is 47.2 Å². The first kappa shape index (κ1) is 36.9. The van der Waals surface area contributed by atoms with Crippen LogP contribution in [0.15, 0.2) is 109 Å². The number of Topliss-reactive ketones (excluding diaryl/α,β-unsaturated/α-hetero) is 1. The summed E-state index contributed by atoms with van der Waals surface area (Å²) in [6, 6.07) is 36.6. The van der Waals surface area contributed by atoms with Crippen molar-refractivity contribution < 1.29 is 24.6 Å². The summed E-state index contributed by atoms with van der Waals surface area (Å²) in [6.45, 7) is 4.13. The fourth-order valence-electron chi connectivity index (χ4n) is 5.65. The number of carbonyl (C=O) groups excluding carboxylic acids is 1. The van der Waals surface area contributed by atoms with Gasteiger partial charge in [-0.25, -0.2) is 0 Å². The minimum Gasteiger partial charge on any atom is -0.481 e. The molecule has 0 aromatic heterocycles. The van der Waals surface area contributed by atoms with Crippen molar-refractivity contribution in [3.05, 3.63) is 143 Å². The van der Waals surface area contributed by atoms with Crippen LogP contribution in [0.25, 0.3) is 0 Å². The molecule has 0 radical (unpaired) electrons. The van der Waals surface area contributed by atoms with Gasteiger partial charge < -0.3 is 10.2 Å². The van der Waals surface area contributed by atoms with Crippen LogP contribution >= 0.6 is 0 Å². The number of hydrogen-bond donors (Lipinski definition) is 2. The Labute approximate surface area is 279 Å². The molecule has 2 N–H and O–H groups in total. The van der Waals surface area contributed by atoms with Crippen molar-refractivity contribution >= 4 is 17.7 Å². The lowest BCUT2D eigenvalue weighted by Crippen LogP contribution is -2.49. The summed E-state index contributed by atoms with van der Waals surface area (Å²) in [5, 5.41) is 17.8. The van der Waals surface area contributed by atoms with Gasteiger partial charge >= 0.3 is 11.9 Å². The van der Waals surface area contributed by atoms with Gasteiger partial charge in [0.15, 0.2) is 5.78 Å². The number of carboxylic acid groups (broad SMARTS) is 2. The predicted molar refractivity (Wildman–Crippen MR) is 187 cm³/mol. The molecule has 7 nitrogen and oxygen atoms in total. The van der Waals surface area contributed by atoms with Crippen LogP contribution < -0.4 is 0 Å². The van der Waals surface area contributed by atoms with Gasteiger partial charge in [-0.1, -0.05) is 124 Å². The Balaban J connectivity index is 0.000000245. The van der Waals surface area contributed by atoms with E-state index in [4.69, 9.17) is 10.2 Å². The Morgan fingerprint density at radius 1 is 0.511 bits per heavy atom. The molecule has 2 aliphatic rings. The van der Waals surface area contributed by atoms with Crippen molar-refractivity contribution in [1.82, 2.24) is 9.80 Å². The standard InChI is InChI=1S/C19H19NO3.C19H21NO2.2CH4/c21-18(10-14-4-2-1-3-5-14)16-8-6-15(7-9-16)11-20-12-17(13-20)19(22)23;21-19(22)18-13-20(14-18)12-17-10-8-16(9-11-17)7-6-15-4-2-1-3-5-15;;/h1-9,17H,10-13H2,(H,22,23);1-5,8-11,18H,6-7,12-14H2,(H,21,22);2*1H4. The van der Waals surface area contributed by atoms with E-state index in [-0.39, 0.29) is 32.5 Å². The highest BCUT2D eigenvalue weighted by molar-refractivity contribution is 5.97. The van der Waals surface area contributed by atoms with Gasteiger partial charge in [0, 0.05) is 51.3 Å². The van der Waals surface area contributed by atoms with E-state index in [1.54, 1.807) is 0 Å². The fourth-order valence-corrected chi connectivity index (χ4v) is 5.65. The number of nitrogens with zero attached hydrogens (tertiary/aromatic N) is 2. The van der Waals surface area contributed by atoms with Gasteiger partial charge in [-0.15, -0.1) is 0 Å². The molecule has 47 heavy (non-hydrogen) atoms. The van der Waals surface area contributed by atoms with Gasteiger partial charge in [0.1, 0.15) is 0 Å². The third-order valence-electron chi connectivity index (χ3n) is 8.48. The van der Waals surface area contributed by atoms with Gasteiger partial charge in [-0.3, -0.25) is 24.2 Å². The highest BCUT2D eigenvalue weighted by atomic mass is 16.4. The molecule has 7 heteroatoms. The van der Waals surface area contributed by atoms with E-state index in [1.807, 2.05) is 60.7 Å². The van der Waals surface area contributed by atoms with Gasteiger partial charge in [0.25, 0.3) is 0 Å². The molecule has 0 bridgehead atoms. The molecule has 0 saturated carbocycles. The summed E-state index contributed by atoms with van der Waals surface area (Å²) in [5.41, 5.74) is 6.80. The number of carbonyl (C=O) groups is 3. The second-order valence-corrected chi connectivity index (χ2v) is 12.0. The van der Waals surface area contributed by atoms with E-state index < -0.39 is 11.9 Å². The van der Waals surface area contributed by atoms with E-state index in [0.29, 0.717) is 38.2 Å². The topological polar surface area (TPSA) is 98.2 Å². The van der Waals surface area contributed by atoms with E-state index in [2.05, 4.69) is 58.3 Å². The molecule has 2 heterocycles. The average molecular weight is 637 g/mol. The lowest BCUT2D eigenvalue weighted by atomic mass is 9.98. The summed E-state index contributed by atoms with van der Waals surface area (Å²) in [5.74, 6) is -1.69. The number of aliphatic carboxylic acids is 2. The average Bonchev–Trinajstić information content (AvgIpc) is 3.01. The van der Waals surface area contributed by atoms with Crippen LogP contribution in [0.3, 0.4) is 0 Å². The Hall–Kier alpha value is -4.59. The monoisotopic (exact) mass is 636 g/mol. The number of rotatable bonds is 12. The number of carboxylic acids is 2. The molecule has 2 fully saturated rings. The van der Waals surface area contributed by atoms with Crippen LogP contribution in [-0.2, 0) is 41.9 Å². The minimum atomic E-state index is -0.719. The summed E-state index contributed by atoms with van der Waals surface area (Å²) in [4.78, 5) is 38.1. The number of benzene rings is 4. The van der Waals surface area contributed by atoms with E-state index in [0.717, 1.165) is 37.1 Å². The molecule has 0 amide bonds. The molecule has 6 rings (SSSR count). The van der Waals surface area contributed by atoms with Crippen molar-refractivity contribution in [3.8, 4) is 0 Å². The summed E-state index contributed by atoms with van der Waals surface area (Å²) in [7, 11) is 0. The zero-order chi connectivity index (χ0) is 31.6. The lowest BCUT2D eigenvalue weighted by Gasteiger charge is -2.36. The quantitative estimate of drug-likeness (QED) is 0.164. The smallest absolute Gasteiger partial charge is 0.309 e. The molecule has 4 aromatic rings. The van der Waals surface area contributed by atoms with E-state index in [1.165, 1.54) is 16.7 Å². The first-order valence-corrected chi connectivity index (χ1v) is 15.5. The van der Waals surface area contributed by atoms with E-state index in [9.17, 15) is 14.4 Å². The Morgan fingerprint density at radius 2 is 0.872 bits per heavy atom. The van der Waals surface area contributed by atoms with Gasteiger partial charge in [0.2, 0.25) is 0 Å². The third kappa shape index (κ3) is 11.0. The number of aryl methyl sites for hydroxylation is 2. The predicted octanol–water partition coefficient (Wildman–Crippen LogP) is 6.89. The second-order valence-electron chi connectivity index (χ2n) is 12.0. The first-order valence-electron chi connectivity index (χ1n) is 15.5. The van der Waals surface area contributed by atoms with Gasteiger partial charge in [0.05, 0.1) is 11.8 Å². The fraction of sp³-hybridized carbons (Fsp3) is 0.325. The van der Waals surface area contributed by atoms with Crippen molar-refractivity contribution in [1.29, 1.82) is 0 Å². The molecular weight excluding hydrogens is 588 g/mol. The zero-order valence-corrected chi connectivity index (χ0v) is 25.4. The first-order chi connectivity index (χ1) is 21.8. The molecule has 248 valence electrons. The maximum Gasteiger partial charge on any atom is 0.309 e. The van der Waals surface area contributed by atoms with Crippen LogP contribution in [0.1, 0.15) is 53.0 Å². The minimum absolute atomic E-state index is 0. The molecule has 0 aliphatic carbocycles. The molecule has 0 spiro atoms. The second kappa shape index (κ2) is 17.9. The number of ketones is 1. The molecule has 2 saturated heterocycles. The summed E-state index contributed by atoms with van der Waals surface area (Å²) >= 11 is 0. The van der Waals surface area contributed by atoms with Crippen molar-refractivity contribution in [2.75, 3.05) is 26.2 Å². The highest BCUT2D eigenvalue weighted by Crippen LogP contribution is 2.20. The van der Waals surface area contributed by atoms with Crippen LogP contribution in [0, 0.1) is 11.8 Å². The molecule has 0 unspecified atom stereocenters. The highest BCUT2D eigenvalue weighted by Gasteiger charge is 2.32. The maximum absolute atomic E-state index is 12.3. The van der Waals surface area contributed by atoms with Crippen molar-refractivity contribution in [2.24, 2.45) is 11.8 Å². The number of hydrogen-bond acceptors (Lipinski definition) is 5. The van der Waals surface area contributed by atoms with E-state index >= 15 is 0 Å². The molecule has 4 aromatic carbocycles. The third-order valence-corrected chi connectivity index (χ3v) is 8.48. The van der Waals surface area contributed by atoms with Crippen LogP contribution in [0.5, 0.6) is 0 Å². The summed E-state index contributed by atoms with van der Waals surface area (Å²) in [6.07, 6.45) is 2.52. The van der Waals surface area contributed by atoms with Gasteiger partial charge in [-0.05, 0) is 40.7 Å². The van der Waals surface area contributed by atoms with Gasteiger partial charge in [-0.2, -0.15) is 0 Å². The number of likely N-dealkylation sites (tertiary alicyclic amines) is 2. The Bertz CT molecular complexity index is 1540. The Morgan fingerprint density at radius 3 is 1.30 bits per heavy atom. The van der Waals surface area contributed by atoms with Crippen molar-refractivity contribution in [3.63, 3.8) is 0 Å². The SMILES string of the molecule is C.C.O=C(Cc1ccccc1)c1ccc(CN2CC(C(=O)O)C2)cc1.O=C(O)C1CN(Cc2ccc(CCc3ccccc3)cc2)C1. The zero-order valence-electron chi connectivity index (χ0n) is 25.4. The largest absolute Gasteiger partial charge is 0.481 e.